The number of hydrazine groups is 1. The predicted molar refractivity (Wildman–Crippen MR) is 140 cm³/mol. The van der Waals surface area contributed by atoms with E-state index >= 15 is 0 Å². The number of nitrogens with zero attached hydrogens (tertiary/aromatic N) is 2. The van der Waals surface area contributed by atoms with Crippen molar-refractivity contribution >= 4 is 46.8 Å². The first kappa shape index (κ1) is 27.4. The number of nitrogens with two attached hydrogens (primary N) is 2. The summed E-state index contributed by atoms with van der Waals surface area (Å²) in [6, 6.07) is 12.4. The van der Waals surface area contributed by atoms with E-state index in [2.05, 4.69) is 15.8 Å². The molecule has 0 atom stereocenters. The lowest BCUT2D eigenvalue weighted by atomic mass is 10.1. The van der Waals surface area contributed by atoms with Crippen LogP contribution in [0.5, 0.6) is 5.75 Å². The Morgan fingerprint density at radius 2 is 1.91 bits per heavy atom. The summed E-state index contributed by atoms with van der Waals surface area (Å²) >= 11 is 0.814. The molecule has 0 saturated heterocycles. The normalized spacial score (nSPS) is 11.5. The predicted octanol–water partition coefficient (Wildman–Crippen LogP) is 2.23. The van der Waals surface area contributed by atoms with Crippen LogP contribution in [0.15, 0.2) is 52.5 Å². The molecule has 0 aromatic heterocycles. The minimum absolute atomic E-state index is 0.187. The molecule has 0 aliphatic carbocycles. The number of carbonyl (C=O) groups excluding carboxylic acids is 3. The Balaban J connectivity index is 1.92. The van der Waals surface area contributed by atoms with E-state index < -0.39 is 0 Å². The molecule has 0 saturated carbocycles. The van der Waals surface area contributed by atoms with Gasteiger partial charge in [0.25, 0.3) is 5.91 Å². The third-order valence-electron chi connectivity index (χ3n) is 5.07. The molecule has 11 heteroatoms. The highest BCUT2D eigenvalue weighted by Crippen LogP contribution is 2.24. The maximum Gasteiger partial charge on any atom is 0.260 e. The van der Waals surface area contributed by atoms with Gasteiger partial charge in [-0.3, -0.25) is 14.4 Å². The number of benzene rings is 2. The topological polar surface area (TPSA) is 152 Å². The van der Waals surface area contributed by atoms with Crippen LogP contribution in [-0.2, 0) is 14.4 Å². The van der Waals surface area contributed by atoms with Gasteiger partial charge in [0, 0.05) is 31.3 Å². The van der Waals surface area contributed by atoms with E-state index in [0.717, 1.165) is 22.9 Å². The number of carbonyl (C=O) groups is 3. The largest absolute Gasteiger partial charge is 0.496 e. The number of nitrogens with one attached hydrogen (secondary N) is 2. The van der Waals surface area contributed by atoms with Crippen molar-refractivity contribution in [2.45, 2.75) is 19.8 Å². The summed E-state index contributed by atoms with van der Waals surface area (Å²) in [6.07, 6.45) is 2.32. The van der Waals surface area contributed by atoms with Gasteiger partial charge < -0.3 is 26.2 Å². The molecule has 35 heavy (non-hydrogen) atoms. The smallest absolute Gasteiger partial charge is 0.260 e. The standard InChI is InChI=1S/C24H30N6O4S/c1-16-6-7-17(13-20(16)34-3)14-21(35-15-31)24(33)30(2)12-4-5-22(32)27-19-10-8-18(9-11-19)23(28-25)29-26/h6-11,13-15H,4-5,12,25-26H2,1-3H3,(H,27,32)(H,28,29)/b21-14-. The lowest BCUT2D eigenvalue weighted by molar-refractivity contribution is -0.125. The van der Waals surface area contributed by atoms with Gasteiger partial charge in [-0.1, -0.05) is 12.1 Å². The molecule has 0 bridgehead atoms. The summed E-state index contributed by atoms with van der Waals surface area (Å²) in [5.41, 5.74) is 6.00. The molecule has 0 spiro atoms. The van der Waals surface area contributed by atoms with Crippen molar-refractivity contribution in [2.24, 2.45) is 16.8 Å². The molecule has 0 unspecified atom stereocenters. The number of amides is 2. The Bertz CT molecular complexity index is 1100. The average Bonchev–Trinajstić information content (AvgIpc) is 2.86. The maximum atomic E-state index is 12.9. The molecule has 10 nitrogen and oxygen atoms in total. The highest BCUT2D eigenvalue weighted by Gasteiger charge is 2.16. The van der Waals surface area contributed by atoms with E-state index in [0.29, 0.717) is 41.4 Å². The molecule has 0 aliphatic rings. The first-order chi connectivity index (χ1) is 16.8. The first-order valence-electron chi connectivity index (χ1n) is 10.7. The van der Waals surface area contributed by atoms with Crippen LogP contribution in [0.1, 0.15) is 29.5 Å². The van der Waals surface area contributed by atoms with Gasteiger partial charge >= 0.3 is 0 Å². The average molecular weight is 499 g/mol. The minimum Gasteiger partial charge on any atom is -0.496 e. The number of thioether (sulfide) groups is 1. The molecular formula is C24H30N6O4S. The van der Waals surface area contributed by atoms with Crippen LogP contribution in [0.2, 0.25) is 0 Å². The molecular weight excluding hydrogens is 468 g/mol. The molecule has 0 heterocycles. The summed E-state index contributed by atoms with van der Waals surface area (Å²) < 4.78 is 5.32. The number of rotatable bonds is 11. The zero-order chi connectivity index (χ0) is 25.8. The number of methoxy groups -OCH3 is 1. The second-order valence-electron chi connectivity index (χ2n) is 7.53. The summed E-state index contributed by atoms with van der Waals surface area (Å²) in [4.78, 5) is 38.1. The zero-order valence-electron chi connectivity index (χ0n) is 19.9. The van der Waals surface area contributed by atoms with Crippen molar-refractivity contribution in [1.82, 2.24) is 10.3 Å². The quantitative estimate of drug-likeness (QED) is 0.0919. The second kappa shape index (κ2) is 13.8. The van der Waals surface area contributed by atoms with Gasteiger partial charge in [-0.05, 0) is 72.6 Å². The van der Waals surface area contributed by atoms with Gasteiger partial charge in [-0.2, -0.15) is 5.10 Å². The van der Waals surface area contributed by atoms with Gasteiger partial charge in [0.15, 0.2) is 11.5 Å². The minimum atomic E-state index is -0.302. The molecule has 2 rings (SSSR count). The number of hydrogen-bond donors (Lipinski definition) is 4. The summed E-state index contributed by atoms with van der Waals surface area (Å²) in [7, 11) is 3.21. The zero-order valence-corrected chi connectivity index (χ0v) is 20.7. The third kappa shape index (κ3) is 8.16. The van der Waals surface area contributed by atoms with E-state index in [4.69, 9.17) is 16.4 Å². The maximum absolute atomic E-state index is 12.9. The van der Waals surface area contributed by atoms with Crippen LogP contribution >= 0.6 is 11.8 Å². The van der Waals surface area contributed by atoms with E-state index in [9.17, 15) is 14.4 Å². The third-order valence-corrected chi connectivity index (χ3v) is 5.71. The van der Waals surface area contributed by atoms with E-state index in [1.165, 1.54) is 4.90 Å². The van der Waals surface area contributed by atoms with Crippen LogP contribution in [0.25, 0.3) is 6.08 Å². The van der Waals surface area contributed by atoms with Crippen molar-refractivity contribution < 1.29 is 19.1 Å². The van der Waals surface area contributed by atoms with Gasteiger partial charge in [0.2, 0.25) is 5.91 Å². The van der Waals surface area contributed by atoms with Gasteiger partial charge in [0.1, 0.15) is 5.75 Å². The Labute approximate surface area is 208 Å². The van der Waals surface area contributed by atoms with Crippen LogP contribution in [-0.4, -0.2) is 48.9 Å². The molecule has 2 aromatic rings. The van der Waals surface area contributed by atoms with Crippen molar-refractivity contribution in [3.63, 3.8) is 0 Å². The highest BCUT2D eigenvalue weighted by molar-refractivity contribution is 8.16. The lowest BCUT2D eigenvalue weighted by Crippen LogP contribution is -2.32. The number of ether oxygens (including phenoxy) is 1. The highest BCUT2D eigenvalue weighted by atomic mass is 32.2. The van der Waals surface area contributed by atoms with Crippen LogP contribution in [0.3, 0.4) is 0 Å². The van der Waals surface area contributed by atoms with E-state index in [1.54, 1.807) is 50.6 Å². The SMILES string of the molecule is COc1cc(/C=C(\SC=O)C(=O)N(C)CCCC(=O)Nc2ccc(/C(=N/N)NN)cc2)ccc1C. The Morgan fingerprint density at radius 3 is 2.51 bits per heavy atom. The van der Waals surface area contributed by atoms with Crippen molar-refractivity contribution in [3.8, 4) is 5.75 Å². The number of anilines is 1. The fraction of sp³-hybridized carbons (Fsp3) is 0.250. The van der Waals surface area contributed by atoms with Gasteiger partial charge in [0.05, 0.1) is 12.0 Å². The molecule has 0 fully saturated rings. The molecule has 0 aliphatic heterocycles. The van der Waals surface area contributed by atoms with Crippen molar-refractivity contribution in [3.05, 3.63) is 64.1 Å². The molecule has 6 N–H and O–H groups in total. The van der Waals surface area contributed by atoms with Crippen LogP contribution in [0, 0.1) is 6.92 Å². The summed E-state index contributed by atoms with van der Waals surface area (Å²) in [5.74, 6) is 11.1. The van der Waals surface area contributed by atoms with E-state index in [-0.39, 0.29) is 23.1 Å². The van der Waals surface area contributed by atoms with Crippen LogP contribution < -0.4 is 27.2 Å². The Kier molecular flexibility index (Phi) is 10.8. The fourth-order valence-electron chi connectivity index (χ4n) is 3.17. The van der Waals surface area contributed by atoms with Crippen molar-refractivity contribution in [1.29, 1.82) is 0 Å². The fourth-order valence-corrected chi connectivity index (χ4v) is 3.74. The molecule has 186 valence electrons. The molecule has 2 amide bonds. The van der Waals surface area contributed by atoms with E-state index in [1.807, 2.05) is 19.1 Å². The summed E-state index contributed by atoms with van der Waals surface area (Å²) in [6.45, 7) is 2.26. The lowest BCUT2D eigenvalue weighted by Gasteiger charge is -2.18. The Morgan fingerprint density at radius 1 is 1.20 bits per heavy atom. The Hall–Kier alpha value is -3.83. The number of amidine groups is 1. The number of hydrazone groups is 1. The molecule has 0 radical (unpaired) electrons. The monoisotopic (exact) mass is 498 g/mol. The summed E-state index contributed by atoms with van der Waals surface area (Å²) in [5, 5.41) is 6.33. The first-order valence-corrected chi connectivity index (χ1v) is 11.6. The number of hydrogen-bond acceptors (Lipinski definition) is 8. The number of aryl methyl sites for hydroxylation is 1. The number of likely N-dealkylation sites (N-methyl/N-ethyl adjacent to an activating group) is 1. The second-order valence-corrected chi connectivity index (χ2v) is 8.40. The molecule has 2 aromatic carbocycles. The van der Waals surface area contributed by atoms with Crippen molar-refractivity contribution in [2.75, 3.05) is 26.0 Å². The van der Waals surface area contributed by atoms with Gasteiger partial charge in [-0.25, -0.2) is 5.84 Å². The van der Waals surface area contributed by atoms with Crippen LogP contribution in [0.4, 0.5) is 5.69 Å². The van der Waals surface area contributed by atoms with Gasteiger partial charge in [-0.15, -0.1) is 0 Å².